The zero-order chi connectivity index (χ0) is 14.1. The highest BCUT2D eigenvalue weighted by atomic mass is 16.2. The van der Waals surface area contributed by atoms with E-state index in [0.29, 0.717) is 24.9 Å². The van der Waals surface area contributed by atoms with E-state index >= 15 is 0 Å². The van der Waals surface area contributed by atoms with Crippen molar-refractivity contribution in [1.82, 2.24) is 15.5 Å². The van der Waals surface area contributed by atoms with Gasteiger partial charge in [-0.3, -0.25) is 9.59 Å². The summed E-state index contributed by atoms with van der Waals surface area (Å²) in [5.41, 5.74) is 0. The van der Waals surface area contributed by atoms with Crippen LogP contribution in [0, 0.1) is 11.8 Å². The summed E-state index contributed by atoms with van der Waals surface area (Å²) in [6, 6.07) is 0.407. The monoisotopic (exact) mass is 279 g/mol. The van der Waals surface area contributed by atoms with Gasteiger partial charge in [-0.15, -0.1) is 0 Å². The second kappa shape index (κ2) is 5.72. The molecule has 0 saturated carbocycles. The fourth-order valence-electron chi connectivity index (χ4n) is 3.95. The van der Waals surface area contributed by atoms with E-state index in [1.807, 2.05) is 4.90 Å². The van der Waals surface area contributed by atoms with Gasteiger partial charge in [0.1, 0.15) is 0 Å². The smallest absolute Gasteiger partial charge is 0.225 e. The normalized spacial score (nSPS) is 37.5. The highest BCUT2D eigenvalue weighted by Gasteiger charge is 2.42. The molecule has 0 aromatic rings. The van der Waals surface area contributed by atoms with Gasteiger partial charge >= 0.3 is 0 Å². The molecule has 3 aliphatic rings. The number of carbonyl (C=O) groups excluding carboxylic acids is 2. The number of likely N-dealkylation sites (tertiary alicyclic amines) is 1. The molecule has 0 aliphatic carbocycles. The lowest BCUT2D eigenvalue weighted by Crippen LogP contribution is -2.51. The van der Waals surface area contributed by atoms with Crippen LogP contribution in [0.4, 0.5) is 0 Å². The molecule has 4 atom stereocenters. The first kappa shape index (κ1) is 13.9. The van der Waals surface area contributed by atoms with Crippen LogP contribution in [0.1, 0.15) is 39.0 Å². The van der Waals surface area contributed by atoms with Crippen molar-refractivity contribution in [2.45, 2.75) is 51.1 Å². The molecule has 0 spiro atoms. The molecule has 3 aliphatic heterocycles. The fraction of sp³-hybridized carbons (Fsp3) is 0.867. The molecule has 5 nitrogen and oxygen atoms in total. The molecule has 0 radical (unpaired) electrons. The Morgan fingerprint density at radius 1 is 1.35 bits per heavy atom. The number of nitrogens with zero attached hydrogens (tertiary/aromatic N) is 1. The van der Waals surface area contributed by atoms with Crippen molar-refractivity contribution < 1.29 is 9.59 Å². The number of hydrogen-bond donors (Lipinski definition) is 2. The van der Waals surface area contributed by atoms with Crippen LogP contribution in [0.2, 0.25) is 0 Å². The SMILES string of the molecule is CC1CCCNC1CC(=O)N1CCCC2C(=O)NCC21. The molecule has 2 amide bonds. The Labute approximate surface area is 120 Å². The molecule has 112 valence electrons. The van der Waals surface area contributed by atoms with Gasteiger partial charge in [0, 0.05) is 25.6 Å². The average Bonchev–Trinajstić information content (AvgIpc) is 2.83. The van der Waals surface area contributed by atoms with Crippen LogP contribution in [-0.4, -0.2) is 48.4 Å². The topological polar surface area (TPSA) is 61.4 Å². The molecule has 3 saturated heterocycles. The average molecular weight is 279 g/mol. The number of piperidine rings is 2. The molecule has 20 heavy (non-hydrogen) atoms. The summed E-state index contributed by atoms with van der Waals surface area (Å²) in [4.78, 5) is 26.3. The van der Waals surface area contributed by atoms with Gasteiger partial charge in [-0.2, -0.15) is 0 Å². The summed E-state index contributed by atoms with van der Waals surface area (Å²) < 4.78 is 0. The highest BCUT2D eigenvalue weighted by molar-refractivity contribution is 5.84. The Bertz CT molecular complexity index is 399. The second-order valence-corrected chi connectivity index (χ2v) is 6.53. The lowest BCUT2D eigenvalue weighted by atomic mass is 9.88. The van der Waals surface area contributed by atoms with Gasteiger partial charge in [0.05, 0.1) is 12.0 Å². The van der Waals surface area contributed by atoms with Crippen molar-refractivity contribution in [1.29, 1.82) is 0 Å². The Kier molecular flexibility index (Phi) is 3.96. The molecule has 4 unspecified atom stereocenters. The van der Waals surface area contributed by atoms with Gasteiger partial charge in [0.25, 0.3) is 0 Å². The largest absolute Gasteiger partial charge is 0.354 e. The summed E-state index contributed by atoms with van der Waals surface area (Å²) in [6.45, 7) is 4.71. The highest BCUT2D eigenvalue weighted by Crippen LogP contribution is 2.28. The Hall–Kier alpha value is -1.10. The molecule has 3 fully saturated rings. The van der Waals surface area contributed by atoms with Gasteiger partial charge in [-0.1, -0.05) is 6.92 Å². The first-order chi connectivity index (χ1) is 9.66. The minimum atomic E-state index is 0.0319. The number of rotatable bonds is 2. The number of hydrogen-bond acceptors (Lipinski definition) is 3. The third-order valence-electron chi connectivity index (χ3n) is 5.25. The van der Waals surface area contributed by atoms with Gasteiger partial charge in [0.15, 0.2) is 0 Å². The predicted octanol–water partition coefficient (Wildman–Crippen LogP) is 0.502. The second-order valence-electron chi connectivity index (χ2n) is 6.53. The van der Waals surface area contributed by atoms with E-state index in [1.165, 1.54) is 12.8 Å². The van der Waals surface area contributed by atoms with Crippen LogP contribution in [0.15, 0.2) is 0 Å². The zero-order valence-electron chi connectivity index (χ0n) is 12.2. The van der Waals surface area contributed by atoms with Crippen LogP contribution in [0.25, 0.3) is 0 Å². The van der Waals surface area contributed by atoms with Gasteiger partial charge in [-0.05, 0) is 38.1 Å². The zero-order valence-corrected chi connectivity index (χ0v) is 12.2. The van der Waals surface area contributed by atoms with Crippen molar-refractivity contribution in [3.8, 4) is 0 Å². The molecule has 0 bridgehead atoms. The maximum absolute atomic E-state index is 12.6. The predicted molar refractivity (Wildman–Crippen MR) is 76.0 cm³/mol. The first-order valence-electron chi connectivity index (χ1n) is 7.97. The van der Waals surface area contributed by atoms with E-state index in [0.717, 1.165) is 25.9 Å². The number of fused-ring (bicyclic) bond motifs is 1. The summed E-state index contributed by atoms with van der Waals surface area (Å²) in [5.74, 6) is 0.958. The lowest BCUT2D eigenvalue weighted by molar-refractivity contribution is -0.137. The van der Waals surface area contributed by atoms with Crippen molar-refractivity contribution in [3.05, 3.63) is 0 Å². The Morgan fingerprint density at radius 3 is 3.00 bits per heavy atom. The van der Waals surface area contributed by atoms with Crippen LogP contribution in [0.3, 0.4) is 0 Å². The van der Waals surface area contributed by atoms with E-state index in [2.05, 4.69) is 17.6 Å². The van der Waals surface area contributed by atoms with Gasteiger partial charge in [-0.25, -0.2) is 0 Å². The number of amides is 2. The molecular formula is C15H25N3O2. The van der Waals surface area contributed by atoms with E-state index in [4.69, 9.17) is 0 Å². The maximum atomic E-state index is 12.6. The molecule has 5 heteroatoms. The van der Waals surface area contributed by atoms with Crippen LogP contribution >= 0.6 is 0 Å². The standard InChI is InChI=1S/C15H25N3O2/c1-10-4-2-6-16-12(10)8-14(19)18-7-3-5-11-13(18)9-17-15(11)20/h10-13,16H,2-9H2,1H3,(H,17,20). The Morgan fingerprint density at radius 2 is 2.20 bits per heavy atom. The number of nitrogens with one attached hydrogen (secondary N) is 2. The van der Waals surface area contributed by atoms with Crippen LogP contribution in [-0.2, 0) is 9.59 Å². The molecule has 3 heterocycles. The third-order valence-corrected chi connectivity index (χ3v) is 5.25. The van der Waals surface area contributed by atoms with E-state index in [1.54, 1.807) is 0 Å². The molecule has 0 aromatic carbocycles. The quantitative estimate of drug-likeness (QED) is 0.774. The van der Waals surface area contributed by atoms with Crippen LogP contribution in [0.5, 0.6) is 0 Å². The van der Waals surface area contributed by atoms with Crippen molar-refractivity contribution in [2.75, 3.05) is 19.6 Å². The maximum Gasteiger partial charge on any atom is 0.225 e. The number of carbonyl (C=O) groups is 2. The molecular weight excluding hydrogens is 254 g/mol. The minimum absolute atomic E-state index is 0.0319. The molecule has 2 N–H and O–H groups in total. The third kappa shape index (κ3) is 2.55. The van der Waals surface area contributed by atoms with Gasteiger partial charge < -0.3 is 15.5 Å². The minimum Gasteiger partial charge on any atom is -0.354 e. The lowest BCUT2D eigenvalue weighted by Gasteiger charge is -2.38. The van der Waals surface area contributed by atoms with Crippen molar-refractivity contribution in [2.24, 2.45) is 11.8 Å². The van der Waals surface area contributed by atoms with Crippen molar-refractivity contribution in [3.63, 3.8) is 0 Å². The summed E-state index contributed by atoms with van der Waals surface area (Å²) in [5, 5.41) is 6.39. The summed E-state index contributed by atoms with van der Waals surface area (Å²) in [6.07, 6.45) is 4.88. The first-order valence-corrected chi connectivity index (χ1v) is 7.97. The van der Waals surface area contributed by atoms with Crippen molar-refractivity contribution >= 4 is 11.8 Å². The van der Waals surface area contributed by atoms with E-state index in [-0.39, 0.29) is 23.8 Å². The van der Waals surface area contributed by atoms with E-state index in [9.17, 15) is 9.59 Å². The molecule has 0 aromatic heterocycles. The summed E-state index contributed by atoms with van der Waals surface area (Å²) >= 11 is 0. The Balaban J connectivity index is 1.63. The molecule has 3 rings (SSSR count). The fourth-order valence-corrected chi connectivity index (χ4v) is 3.95. The van der Waals surface area contributed by atoms with Gasteiger partial charge in [0.2, 0.25) is 11.8 Å². The van der Waals surface area contributed by atoms with E-state index < -0.39 is 0 Å². The summed E-state index contributed by atoms with van der Waals surface area (Å²) in [7, 11) is 0. The van der Waals surface area contributed by atoms with Crippen LogP contribution < -0.4 is 10.6 Å².